The van der Waals surface area contributed by atoms with Crippen molar-refractivity contribution in [1.29, 1.82) is 0 Å². The lowest BCUT2D eigenvalue weighted by molar-refractivity contribution is -0.886. The van der Waals surface area contributed by atoms with Crippen LogP contribution in [0.2, 0.25) is 0 Å². The molecule has 0 fully saturated rings. The third kappa shape index (κ3) is 5.92. The van der Waals surface area contributed by atoms with Crippen molar-refractivity contribution in [3.63, 3.8) is 0 Å². The smallest absolute Gasteiger partial charge is 0.275 e. The average molecular weight is 409 g/mol. The molecule has 2 aromatic rings. The number of likely N-dealkylation sites (N-methyl/N-ethyl adjacent to an activating group) is 1. The second kappa shape index (κ2) is 9.86. The number of hydrogen-bond donors (Lipinski definition) is 2. The van der Waals surface area contributed by atoms with Gasteiger partial charge in [-0.25, -0.2) is 8.42 Å². The zero-order valence-electron chi connectivity index (χ0n) is 17.0. The van der Waals surface area contributed by atoms with Gasteiger partial charge in [-0.15, -0.1) is 0 Å². The van der Waals surface area contributed by atoms with Gasteiger partial charge in [-0.05, 0) is 36.8 Å². The van der Waals surface area contributed by atoms with Crippen molar-refractivity contribution >= 4 is 15.9 Å². The van der Waals surface area contributed by atoms with Crippen LogP contribution in [0.1, 0.15) is 30.9 Å². The molecular formula is C20H30N3O4S+. The molecule has 0 aliphatic heterocycles. The summed E-state index contributed by atoms with van der Waals surface area (Å²) in [4.78, 5) is 13.4. The van der Waals surface area contributed by atoms with E-state index in [2.05, 4.69) is 5.32 Å². The summed E-state index contributed by atoms with van der Waals surface area (Å²) in [5.41, 5.74) is 0.853. The molecule has 1 atom stereocenters. The summed E-state index contributed by atoms with van der Waals surface area (Å²) >= 11 is 0. The van der Waals surface area contributed by atoms with E-state index in [1.54, 1.807) is 24.3 Å². The number of furan rings is 1. The van der Waals surface area contributed by atoms with E-state index < -0.39 is 10.0 Å². The number of hydrogen-bond acceptors (Lipinski definition) is 4. The van der Waals surface area contributed by atoms with Crippen LogP contribution in [-0.2, 0) is 27.9 Å². The second-order valence-corrected chi connectivity index (χ2v) is 8.77. The van der Waals surface area contributed by atoms with Gasteiger partial charge in [0.15, 0.2) is 12.3 Å². The number of nitrogens with one attached hydrogen (secondary N) is 2. The molecule has 28 heavy (non-hydrogen) atoms. The third-order valence-corrected chi connectivity index (χ3v) is 6.55. The molecule has 1 amide bonds. The summed E-state index contributed by atoms with van der Waals surface area (Å²) < 4.78 is 31.9. The summed E-state index contributed by atoms with van der Waals surface area (Å²) in [6.45, 7) is 7.72. The maximum Gasteiger partial charge on any atom is 0.275 e. The van der Waals surface area contributed by atoms with E-state index in [1.807, 2.05) is 40.0 Å². The molecule has 1 heterocycles. The van der Waals surface area contributed by atoms with Gasteiger partial charge in [0.25, 0.3) is 5.91 Å². The first-order valence-electron chi connectivity index (χ1n) is 9.48. The van der Waals surface area contributed by atoms with Crippen molar-refractivity contribution in [1.82, 2.24) is 9.62 Å². The maximum atomic E-state index is 12.5. The van der Waals surface area contributed by atoms with Crippen LogP contribution in [0.25, 0.3) is 0 Å². The fourth-order valence-corrected chi connectivity index (χ4v) is 4.43. The van der Waals surface area contributed by atoms with Crippen molar-refractivity contribution in [3.8, 4) is 0 Å². The number of carbonyl (C=O) groups is 1. The second-order valence-electron chi connectivity index (χ2n) is 6.83. The quantitative estimate of drug-likeness (QED) is 0.613. The van der Waals surface area contributed by atoms with Crippen LogP contribution in [0, 0.1) is 6.92 Å². The molecule has 0 spiro atoms. The molecule has 0 bridgehead atoms. The van der Waals surface area contributed by atoms with Crippen molar-refractivity contribution in [2.45, 2.75) is 38.8 Å². The Kier molecular flexibility index (Phi) is 7.79. The van der Waals surface area contributed by atoms with Gasteiger partial charge in [0.2, 0.25) is 10.0 Å². The minimum Gasteiger partial charge on any atom is -0.460 e. The van der Waals surface area contributed by atoms with Crippen LogP contribution in [0.4, 0.5) is 0 Å². The summed E-state index contributed by atoms with van der Waals surface area (Å²) in [6.07, 6.45) is 0. The number of quaternary nitrogens is 1. The maximum absolute atomic E-state index is 12.5. The third-order valence-electron chi connectivity index (χ3n) is 4.49. The molecule has 2 N–H and O–H groups in total. The van der Waals surface area contributed by atoms with E-state index in [1.165, 1.54) is 4.31 Å². The van der Waals surface area contributed by atoms with E-state index >= 15 is 0 Å². The molecule has 154 valence electrons. The fraction of sp³-hybridized carbons (Fsp3) is 0.450. The van der Waals surface area contributed by atoms with Gasteiger partial charge in [-0.2, -0.15) is 4.31 Å². The molecule has 0 saturated carbocycles. The predicted molar refractivity (Wildman–Crippen MR) is 107 cm³/mol. The van der Waals surface area contributed by atoms with Crippen LogP contribution in [-0.4, -0.2) is 45.3 Å². The number of amides is 1. The van der Waals surface area contributed by atoms with Gasteiger partial charge in [-0.3, -0.25) is 4.79 Å². The Balaban J connectivity index is 1.86. The summed E-state index contributed by atoms with van der Waals surface area (Å²) in [7, 11) is -1.52. The molecule has 0 aliphatic rings. The van der Waals surface area contributed by atoms with Gasteiger partial charge in [0, 0.05) is 19.6 Å². The normalized spacial score (nSPS) is 12.9. The van der Waals surface area contributed by atoms with Crippen LogP contribution in [0.15, 0.2) is 45.7 Å². The summed E-state index contributed by atoms with van der Waals surface area (Å²) in [5.74, 6) is 1.65. The Morgan fingerprint density at radius 2 is 1.75 bits per heavy atom. The first-order chi connectivity index (χ1) is 13.3. The van der Waals surface area contributed by atoms with Gasteiger partial charge in [-0.1, -0.05) is 26.0 Å². The van der Waals surface area contributed by atoms with Crippen LogP contribution in [0.3, 0.4) is 0 Å². The minimum absolute atomic E-state index is 0.0689. The first kappa shape index (κ1) is 22.1. The molecule has 0 aliphatic carbocycles. The number of benzene rings is 1. The lowest BCUT2D eigenvalue weighted by Gasteiger charge is -2.18. The van der Waals surface area contributed by atoms with Crippen molar-refractivity contribution < 1.29 is 22.5 Å². The van der Waals surface area contributed by atoms with E-state index in [4.69, 9.17) is 4.42 Å². The first-order valence-corrected chi connectivity index (χ1v) is 10.9. The Morgan fingerprint density at radius 1 is 1.11 bits per heavy atom. The van der Waals surface area contributed by atoms with Crippen molar-refractivity contribution in [2.24, 2.45) is 0 Å². The largest absolute Gasteiger partial charge is 0.460 e. The highest BCUT2D eigenvalue weighted by Crippen LogP contribution is 2.16. The van der Waals surface area contributed by atoms with Gasteiger partial charge < -0.3 is 14.6 Å². The van der Waals surface area contributed by atoms with E-state index in [0.717, 1.165) is 22.0 Å². The van der Waals surface area contributed by atoms with E-state index in [9.17, 15) is 13.2 Å². The molecule has 2 rings (SSSR count). The van der Waals surface area contributed by atoms with Gasteiger partial charge in [0.1, 0.15) is 12.3 Å². The highest BCUT2D eigenvalue weighted by atomic mass is 32.2. The average Bonchev–Trinajstić information content (AvgIpc) is 3.05. The monoisotopic (exact) mass is 408 g/mol. The molecule has 0 saturated heterocycles. The fourth-order valence-electron chi connectivity index (χ4n) is 2.97. The molecular weight excluding hydrogens is 378 g/mol. The number of aryl methyl sites for hydroxylation is 1. The molecule has 7 nitrogen and oxygen atoms in total. The standard InChI is InChI=1S/C20H29N3O4S/c1-5-23(6-2)28(25,26)19-11-8-17(9-12-19)13-21-20(24)15-22(4)14-18-10-7-16(3)27-18/h7-12H,5-6,13-15H2,1-4H3,(H,21,24)/p+1. The Hall–Kier alpha value is -2.16. The van der Waals surface area contributed by atoms with Crippen LogP contribution >= 0.6 is 0 Å². The Morgan fingerprint density at radius 3 is 2.29 bits per heavy atom. The number of rotatable bonds is 10. The zero-order chi connectivity index (χ0) is 20.7. The van der Waals surface area contributed by atoms with E-state index in [0.29, 0.717) is 32.7 Å². The number of sulfonamides is 1. The van der Waals surface area contributed by atoms with Crippen LogP contribution < -0.4 is 10.2 Å². The predicted octanol–water partition coefficient (Wildman–Crippen LogP) is 0.950. The lowest BCUT2D eigenvalue weighted by atomic mass is 10.2. The van der Waals surface area contributed by atoms with Crippen LogP contribution in [0.5, 0.6) is 0 Å². The topological polar surface area (TPSA) is 84.1 Å². The molecule has 8 heteroatoms. The Bertz CT molecular complexity index is 871. The molecule has 1 unspecified atom stereocenters. The highest BCUT2D eigenvalue weighted by molar-refractivity contribution is 7.89. The molecule has 1 aromatic carbocycles. The SMILES string of the molecule is CCN(CC)S(=O)(=O)c1ccc(CNC(=O)C[NH+](C)Cc2ccc(C)o2)cc1. The summed E-state index contributed by atoms with van der Waals surface area (Å²) in [6, 6.07) is 10.5. The highest BCUT2D eigenvalue weighted by Gasteiger charge is 2.21. The van der Waals surface area contributed by atoms with Gasteiger partial charge in [0.05, 0.1) is 11.9 Å². The van der Waals surface area contributed by atoms with E-state index in [-0.39, 0.29) is 10.8 Å². The number of nitrogens with zero attached hydrogens (tertiary/aromatic N) is 1. The van der Waals surface area contributed by atoms with Crippen molar-refractivity contribution in [3.05, 3.63) is 53.5 Å². The minimum atomic E-state index is -3.46. The van der Waals surface area contributed by atoms with Gasteiger partial charge >= 0.3 is 0 Å². The molecule has 0 radical (unpaired) electrons. The zero-order valence-corrected chi connectivity index (χ0v) is 17.8. The summed E-state index contributed by atoms with van der Waals surface area (Å²) in [5, 5.41) is 2.87. The van der Waals surface area contributed by atoms with Crippen molar-refractivity contribution in [2.75, 3.05) is 26.7 Å². The lowest BCUT2D eigenvalue weighted by Crippen LogP contribution is -3.08. The Labute approximate surface area is 167 Å². The molecule has 1 aromatic heterocycles. The number of carbonyl (C=O) groups excluding carboxylic acids is 1.